The second kappa shape index (κ2) is 5.94. The van der Waals surface area contributed by atoms with E-state index in [0.717, 1.165) is 5.57 Å². The van der Waals surface area contributed by atoms with Crippen molar-refractivity contribution < 1.29 is 13.3 Å². The Hall–Kier alpha value is -1.73. The molecule has 0 saturated heterocycles. The third kappa shape index (κ3) is 3.62. The molecule has 0 spiro atoms. The first-order valence-corrected chi connectivity index (χ1v) is 7.12. The Labute approximate surface area is 112 Å². The normalized spacial score (nSPS) is 11.5. The van der Waals surface area contributed by atoms with Crippen LogP contribution in [-0.2, 0) is 10.0 Å². The number of nitro benzene ring substituents is 1. The molecule has 19 heavy (non-hydrogen) atoms. The van der Waals surface area contributed by atoms with Gasteiger partial charge in [-0.25, -0.2) is 8.42 Å². The number of likely N-dealkylation sites (N-methyl/N-ethyl adjacent to an activating group) is 1. The number of nitrogens with zero attached hydrogens (tertiary/aromatic N) is 2. The van der Waals surface area contributed by atoms with Crippen molar-refractivity contribution in [3.63, 3.8) is 0 Å². The molecule has 0 N–H and O–H groups in total. The van der Waals surface area contributed by atoms with E-state index in [1.165, 1.54) is 28.6 Å². The van der Waals surface area contributed by atoms with Crippen LogP contribution in [-0.4, -0.2) is 30.7 Å². The molecule has 6 nitrogen and oxygen atoms in total. The van der Waals surface area contributed by atoms with Crippen LogP contribution in [0, 0.1) is 10.1 Å². The quantitative estimate of drug-likeness (QED) is 0.455. The van der Waals surface area contributed by atoms with Gasteiger partial charge in [-0.1, -0.05) is 19.1 Å². The van der Waals surface area contributed by atoms with Crippen LogP contribution in [0.2, 0.25) is 0 Å². The molecule has 0 radical (unpaired) electrons. The molecule has 0 aliphatic heterocycles. The summed E-state index contributed by atoms with van der Waals surface area (Å²) in [5.41, 5.74) is 0.592. The first kappa shape index (κ1) is 15.3. The predicted octanol–water partition coefficient (Wildman–Crippen LogP) is 2.18. The summed E-state index contributed by atoms with van der Waals surface area (Å²) in [6, 6.07) is 4.85. The second-order valence-electron chi connectivity index (χ2n) is 4.14. The molecule has 0 unspecified atom stereocenters. The maximum Gasteiger partial charge on any atom is 0.269 e. The van der Waals surface area contributed by atoms with Gasteiger partial charge >= 0.3 is 0 Å². The number of nitro groups is 1. The zero-order valence-corrected chi connectivity index (χ0v) is 11.7. The third-order valence-electron chi connectivity index (χ3n) is 2.48. The van der Waals surface area contributed by atoms with E-state index in [1.54, 1.807) is 13.8 Å². The first-order valence-electron chi connectivity index (χ1n) is 5.68. The number of benzene rings is 1. The summed E-state index contributed by atoms with van der Waals surface area (Å²) >= 11 is 0. The van der Waals surface area contributed by atoms with Gasteiger partial charge in [0.25, 0.3) is 5.69 Å². The van der Waals surface area contributed by atoms with Gasteiger partial charge in [0, 0.05) is 25.2 Å². The summed E-state index contributed by atoms with van der Waals surface area (Å²) in [5.74, 6) is 0. The molecule has 0 saturated carbocycles. The summed E-state index contributed by atoms with van der Waals surface area (Å²) in [7, 11) is -3.64. The highest BCUT2D eigenvalue weighted by Crippen LogP contribution is 2.19. The lowest BCUT2D eigenvalue weighted by molar-refractivity contribution is -0.384. The molecule has 1 aromatic rings. The molecular weight excluding hydrogens is 268 g/mol. The van der Waals surface area contributed by atoms with Crippen LogP contribution in [0.4, 0.5) is 5.69 Å². The van der Waals surface area contributed by atoms with E-state index in [9.17, 15) is 18.5 Å². The SMILES string of the molecule is C=C(C)CN(CC)S(=O)(=O)c1ccc([N+](=O)[O-])cc1. The minimum atomic E-state index is -3.64. The molecule has 0 aromatic heterocycles. The zero-order chi connectivity index (χ0) is 14.6. The van der Waals surface area contributed by atoms with Crippen molar-refractivity contribution in [2.24, 2.45) is 0 Å². The third-order valence-corrected chi connectivity index (χ3v) is 4.42. The highest BCUT2D eigenvalue weighted by Gasteiger charge is 2.23. The number of sulfonamides is 1. The predicted molar refractivity (Wildman–Crippen MR) is 72.3 cm³/mol. The van der Waals surface area contributed by atoms with Crippen LogP contribution in [0.15, 0.2) is 41.3 Å². The van der Waals surface area contributed by atoms with Crippen molar-refractivity contribution in [3.8, 4) is 0 Å². The van der Waals surface area contributed by atoms with Crippen molar-refractivity contribution in [2.75, 3.05) is 13.1 Å². The molecule has 0 aliphatic rings. The van der Waals surface area contributed by atoms with Gasteiger partial charge in [0.1, 0.15) is 0 Å². The lowest BCUT2D eigenvalue weighted by Crippen LogP contribution is -2.32. The lowest BCUT2D eigenvalue weighted by Gasteiger charge is -2.20. The van der Waals surface area contributed by atoms with Gasteiger partial charge in [-0.2, -0.15) is 4.31 Å². The van der Waals surface area contributed by atoms with E-state index in [4.69, 9.17) is 0 Å². The summed E-state index contributed by atoms with van der Waals surface area (Å²) in [6.45, 7) is 7.71. The van der Waals surface area contributed by atoms with Crippen LogP contribution in [0.25, 0.3) is 0 Å². The maximum absolute atomic E-state index is 12.3. The van der Waals surface area contributed by atoms with E-state index in [-0.39, 0.29) is 17.1 Å². The fourth-order valence-corrected chi connectivity index (χ4v) is 3.07. The molecule has 0 fully saturated rings. The van der Waals surface area contributed by atoms with E-state index in [1.807, 2.05) is 0 Å². The summed E-state index contributed by atoms with van der Waals surface area (Å²) in [5, 5.41) is 10.5. The van der Waals surface area contributed by atoms with Gasteiger partial charge < -0.3 is 0 Å². The van der Waals surface area contributed by atoms with E-state index >= 15 is 0 Å². The summed E-state index contributed by atoms with van der Waals surface area (Å²) < 4.78 is 25.9. The Bertz CT molecular complexity index is 578. The molecule has 1 rings (SSSR count). The van der Waals surface area contributed by atoms with Gasteiger partial charge in [-0.15, -0.1) is 0 Å². The van der Waals surface area contributed by atoms with Gasteiger partial charge in [0.2, 0.25) is 10.0 Å². The minimum Gasteiger partial charge on any atom is -0.258 e. The van der Waals surface area contributed by atoms with Crippen LogP contribution in [0.3, 0.4) is 0 Å². The Kier molecular flexibility index (Phi) is 4.79. The van der Waals surface area contributed by atoms with Crippen LogP contribution in [0.5, 0.6) is 0 Å². The average molecular weight is 284 g/mol. The largest absolute Gasteiger partial charge is 0.269 e. The van der Waals surface area contributed by atoms with Gasteiger partial charge in [0.15, 0.2) is 0 Å². The summed E-state index contributed by atoms with van der Waals surface area (Å²) in [4.78, 5) is 10.0. The molecule has 0 atom stereocenters. The fraction of sp³-hybridized carbons (Fsp3) is 0.333. The molecule has 1 aromatic carbocycles. The van der Waals surface area contributed by atoms with Crippen molar-refractivity contribution >= 4 is 15.7 Å². The molecule has 104 valence electrons. The van der Waals surface area contributed by atoms with Gasteiger partial charge in [-0.3, -0.25) is 10.1 Å². The Balaban J connectivity index is 3.11. The van der Waals surface area contributed by atoms with Crippen molar-refractivity contribution in [2.45, 2.75) is 18.7 Å². The molecule has 0 bridgehead atoms. The van der Waals surface area contributed by atoms with Gasteiger partial charge in [-0.05, 0) is 19.1 Å². The fourth-order valence-electron chi connectivity index (χ4n) is 1.56. The maximum atomic E-state index is 12.3. The Morgan fingerprint density at radius 3 is 2.26 bits per heavy atom. The van der Waals surface area contributed by atoms with E-state index in [0.29, 0.717) is 6.54 Å². The molecule has 7 heteroatoms. The Morgan fingerprint density at radius 1 is 1.37 bits per heavy atom. The smallest absolute Gasteiger partial charge is 0.258 e. The van der Waals surface area contributed by atoms with Crippen LogP contribution in [0.1, 0.15) is 13.8 Å². The highest BCUT2D eigenvalue weighted by molar-refractivity contribution is 7.89. The number of hydrogen-bond acceptors (Lipinski definition) is 4. The Morgan fingerprint density at radius 2 is 1.89 bits per heavy atom. The minimum absolute atomic E-state index is 0.0428. The molecular formula is C12H16N2O4S. The topological polar surface area (TPSA) is 80.5 Å². The van der Waals surface area contributed by atoms with E-state index in [2.05, 4.69) is 6.58 Å². The zero-order valence-electron chi connectivity index (χ0n) is 10.9. The monoisotopic (exact) mass is 284 g/mol. The number of hydrogen-bond donors (Lipinski definition) is 0. The van der Waals surface area contributed by atoms with Crippen molar-refractivity contribution in [1.82, 2.24) is 4.31 Å². The number of non-ortho nitro benzene ring substituents is 1. The molecule has 0 heterocycles. The van der Waals surface area contributed by atoms with Crippen LogP contribution < -0.4 is 0 Å². The lowest BCUT2D eigenvalue weighted by atomic mass is 10.3. The van der Waals surface area contributed by atoms with E-state index < -0.39 is 14.9 Å². The standard InChI is InChI=1S/C12H16N2O4S/c1-4-13(9-10(2)3)19(17,18)12-7-5-11(6-8-12)14(15)16/h5-8H,2,4,9H2,1,3H3. The number of rotatable bonds is 6. The highest BCUT2D eigenvalue weighted by atomic mass is 32.2. The average Bonchev–Trinajstić information content (AvgIpc) is 2.35. The second-order valence-corrected chi connectivity index (χ2v) is 6.08. The summed E-state index contributed by atoms with van der Waals surface area (Å²) in [6.07, 6.45) is 0. The van der Waals surface area contributed by atoms with Crippen LogP contribution >= 0.6 is 0 Å². The molecule has 0 amide bonds. The van der Waals surface area contributed by atoms with Crippen molar-refractivity contribution in [1.29, 1.82) is 0 Å². The first-order chi connectivity index (χ1) is 8.78. The van der Waals surface area contributed by atoms with Gasteiger partial charge in [0.05, 0.1) is 9.82 Å². The van der Waals surface area contributed by atoms with Crippen molar-refractivity contribution in [3.05, 3.63) is 46.5 Å². The molecule has 0 aliphatic carbocycles.